The Morgan fingerprint density at radius 1 is 1.10 bits per heavy atom. The number of carbonyl (C=O) groups is 1. The van der Waals surface area contributed by atoms with Gasteiger partial charge in [0.1, 0.15) is 0 Å². The van der Waals surface area contributed by atoms with Crippen molar-refractivity contribution in [2.24, 2.45) is 11.8 Å². The van der Waals surface area contributed by atoms with Crippen LogP contribution in [0, 0.1) is 11.8 Å². The molecule has 2 aliphatic rings. The van der Waals surface area contributed by atoms with Crippen molar-refractivity contribution in [3.05, 3.63) is 0 Å². The van der Waals surface area contributed by atoms with E-state index in [1.165, 1.54) is 0 Å². The van der Waals surface area contributed by atoms with Gasteiger partial charge in [0.2, 0.25) is 0 Å². The van der Waals surface area contributed by atoms with Crippen LogP contribution in [0.5, 0.6) is 0 Å². The monoisotopic (exact) mass is 316 g/mol. The second-order valence-electron chi connectivity index (χ2n) is 5.07. The van der Waals surface area contributed by atoms with Crippen LogP contribution in [0.1, 0.15) is 12.8 Å². The molecular weight excluding hydrogens is 301 g/mol. The molecule has 2 rings (SSSR count). The van der Waals surface area contributed by atoms with Gasteiger partial charge in [-0.1, -0.05) is 0 Å². The van der Waals surface area contributed by atoms with Gasteiger partial charge in [0.25, 0.3) is 10.2 Å². The van der Waals surface area contributed by atoms with Gasteiger partial charge in [-0.2, -0.15) is 30.2 Å². The molecule has 0 aromatic rings. The van der Waals surface area contributed by atoms with Gasteiger partial charge in [0.05, 0.1) is 11.8 Å². The molecular formula is C10H15F3N2O4S. The summed E-state index contributed by atoms with van der Waals surface area (Å²) in [5, 5.41) is 8.69. The summed E-state index contributed by atoms with van der Waals surface area (Å²) in [6.07, 6.45) is -4.79. The standard InChI is InChI=1S/C10H15F3N2O4S/c11-10(12,13)8-1-3-14(4-2-8)20(18,19)15-5-7(6-15)9(16)17/h7-8H,1-6H2,(H,16,17). The Kier molecular flexibility index (Phi) is 4.00. The van der Waals surface area contributed by atoms with Crippen molar-refractivity contribution in [2.45, 2.75) is 19.0 Å². The summed E-state index contributed by atoms with van der Waals surface area (Å²) in [5.74, 6) is -3.25. The molecule has 0 atom stereocenters. The number of piperidine rings is 1. The number of alkyl halides is 3. The highest BCUT2D eigenvalue weighted by Crippen LogP contribution is 2.35. The molecule has 0 bridgehead atoms. The fourth-order valence-corrected chi connectivity index (χ4v) is 4.10. The highest BCUT2D eigenvalue weighted by atomic mass is 32.2. The third-order valence-electron chi connectivity index (χ3n) is 3.77. The lowest BCUT2D eigenvalue weighted by molar-refractivity contribution is -0.183. The van der Waals surface area contributed by atoms with E-state index in [0.717, 1.165) is 8.61 Å². The Morgan fingerprint density at radius 3 is 2.00 bits per heavy atom. The number of hydrogen-bond donors (Lipinski definition) is 1. The first kappa shape index (κ1) is 15.5. The summed E-state index contributed by atoms with van der Waals surface area (Å²) in [6.45, 7) is -0.588. The first-order chi connectivity index (χ1) is 9.12. The van der Waals surface area contributed by atoms with Crippen molar-refractivity contribution in [3.63, 3.8) is 0 Å². The third-order valence-corrected chi connectivity index (χ3v) is 5.74. The Bertz CT molecular complexity index is 479. The van der Waals surface area contributed by atoms with Crippen LogP contribution >= 0.6 is 0 Å². The van der Waals surface area contributed by atoms with Crippen LogP contribution in [0.4, 0.5) is 13.2 Å². The topological polar surface area (TPSA) is 77.9 Å². The van der Waals surface area contributed by atoms with Crippen LogP contribution in [-0.4, -0.2) is 60.5 Å². The largest absolute Gasteiger partial charge is 0.481 e. The predicted octanol–water partition coefficient (Wildman–Crippen LogP) is 0.522. The number of halogens is 3. The Balaban J connectivity index is 1.92. The van der Waals surface area contributed by atoms with E-state index in [1.807, 2.05) is 0 Å². The van der Waals surface area contributed by atoms with Crippen LogP contribution in [0.25, 0.3) is 0 Å². The van der Waals surface area contributed by atoms with Gasteiger partial charge in [-0.25, -0.2) is 0 Å². The van der Waals surface area contributed by atoms with Crippen LogP contribution in [-0.2, 0) is 15.0 Å². The van der Waals surface area contributed by atoms with Crippen molar-refractivity contribution < 1.29 is 31.5 Å². The lowest BCUT2D eigenvalue weighted by atomic mass is 9.98. The van der Waals surface area contributed by atoms with Gasteiger partial charge in [-0.15, -0.1) is 0 Å². The van der Waals surface area contributed by atoms with Crippen molar-refractivity contribution in [1.29, 1.82) is 0 Å². The minimum Gasteiger partial charge on any atom is -0.481 e. The van der Waals surface area contributed by atoms with E-state index in [1.54, 1.807) is 0 Å². The number of aliphatic carboxylic acids is 1. The minimum absolute atomic E-state index is 0.114. The van der Waals surface area contributed by atoms with Crippen molar-refractivity contribution >= 4 is 16.2 Å². The molecule has 0 unspecified atom stereocenters. The van der Waals surface area contributed by atoms with Gasteiger partial charge in [-0.05, 0) is 12.8 Å². The number of rotatable bonds is 3. The summed E-state index contributed by atoms with van der Waals surface area (Å²) >= 11 is 0. The van der Waals surface area contributed by atoms with E-state index < -0.39 is 34.2 Å². The molecule has 10 heteroatoms. The second-order valence-corrected chi connectivity index (χ2v) is 7.00. The highest BCUT2D eigenvalue weighted by molar-refractivity contribution is 7.86. The molecule has 0 saturated carbocycles. The second kappa shape index (κ2) is 5.15. The summed E-state index contributed by atoms with van der Waals surface area (Å²) in [7, 11) is -3.82. The van der Waals surface area contributed by atoms with E-state index in [9.17, 15) is 26.4 Å². The molecule has 0 spiro atoms. The van der Waals surface area contributed by atoms with Crippen LogP contribution in [0.2, 0.25) is 0 Å². The van der Waals surface area contributed by atoms with Gasteiger partial charge < -0.3 is 5.11 Å². The van der Waals surface area contributed by atoms with Gasteiger partial charge in [0.15, 0.2) is 0 Å². The zero-order valence-electron chi connectivity index (χ0n) is 10.5. The van der Waals surface area contributed by atoms with Gasteiger partial charge in [-0.3, -0.25) is 4.79 Å². The normalized spacial score (nSPS) is 24.6. The number of nitrogens with zero attached hydrogens (tertiary/aromatic N) is 2. The average molecular weight is 316 g/mol. The van der Waals surface area contributed by atoms with Crippen molar-refractivity contribution in [3.8, 4) is 0 Å². The van der Waals surface area contributed by atoms with Crippen LogP contribution in [0.15, 0.2) is 0 Å². The summed E-state index contributed by atoms with van der Waals surface area (Å²) < 4.78 is 63.6. The first-order valence-electron chi connectivity index (χ1n) is 6.17. The third kappa shape index (κ3) is 2.91. The molecule has 2 aliphatic heterocycles. The Labute approximate surface area is 114 Å². The number of hydrogen-bond acceptors (Lipinski definition) is 3. The molecule has 0 amide bonds. The molecule has 0 radical (unpaired) electrons. The van der Waals surface area contributed by atoms with Crippen molar-refractivity contribution in [1.82, 2.24) is 8.61 Å². The molecule has 2 heterocycles. The lowest BCUT2D eigenvalue weighted by Gasteiger charge is -2.41. The van der Waals surface area contributed by atoms with E-state index in [-0.39, 0.29) is 39.0 Å². The fourth-order valence-electron chi connectivity index (χ4n) is 2.36. The quantitative estimate of drug-likeness (QED) is 0.823. The maximum atomic E-state index is 12.5. The fraction of sp³-hybridized carbons (Fsp3) is 0.900. The minimum atomic E-state index is -4.29. The number of carboxylic acid groups (broad SMARTS) is 1. The molecule has 0 aromatic heterocycles. The zero-order chi connectivity index (χ0) is 15.1. The molecule has 6 nitrogen and oxygen atoms in total. The predicted molar refractivity (Wildman–Crippen MR) is 62.0 cm³/mol. The molecule has 116 valence electrons. The summed E-state index contributed by atoms with van der Waals surface area (Å²) in [4.78, 5) is 10.6. The van der Waals surface area contributed by atoms with Crippen LogP contribution in [0.3, 0.4) is 0 Å². The molecule has 2 saturated heterocycles. The molecule has 0 aromatic carbocycles. The SMILES string of the molecule is O=C(O)C1CN(S(=O)(=O)N2CCC(C(F)(F)F)CC2)C1. The maximum Gasteiger partial charge on any atom is 0.391 e. The number of carboxylic acids is 1. The van der Waals surface area contributed by atoms with Crippen molar-refractivity contribution in [2.75, 3.05) is 26.2 Å². The molecule has 1 N–H and O–H groups in total. The Morgan fingerprint density at radius 2 is 1.60 bits per heavy atom. The zero-order valence-corrected chi connectivity index (χ0v) is 11.3. The first-order valence-corrected chi connectivity index (χ1v) is 7.57. The molecule has 0 aliphatic carbocycles. The van der Waals surface area contributed by atoms with Gasteiger partial charge >= 0.3 is 12.1 Å². The van der Waals surface area contributed by atoms with E-state index in [4.69, 9.17) is 5.11 Å². The average Bonchev–Trinajstić information content (AvgIpc) is 2.25. The lowest BCUT2D eigenvalue weighted by Crippen LogP contribution is -2.58. The van der Waals surface area contributed by atoms with Crippen LogP contribution < -0.4 is 0 Å². The molecule has 20 heavy (non-hydrogen) atoms. The highest BCUT2D eigenvalue weighted by Gasteiger charge is 2.46. The summed E-state index contributed by atoms with van der Waals surface area (Å²) in [6, 6.07) is 0. The molecule has 2 fully saturated rings. The Hall–Kier alpha value is -0.870. The smallest absolute Gasteiger partial charge is 0.391 e. The van der Waals surface area contributed by atoms with Gasteiger partial charge in [0, 0.05) is 26.2 Å². The summed E-state index contributed by atoms with van der Waals surface area (Å²) in [5.41, 5.74) is 0. The maximum absolute atomic E-state index is 12.5. The van der Waals surface area contributed by atoms with E-state index in [0.29, 0.717) is 0 Å². The van der Waals surface area contributed by atoms with E-state index in [2.05, 4.69) is 0 Å². The van der Waals surface area contributed by atoms with E-state index >= 15 is 0 Å².